The quantitative estimate of drug-likeness (QED) is 0.523. The van der Waals surface area contributed by atoms with Gasteiger partial charge in [0.1, 0.15) is 0 Å². The summed E-state index contributed by atoms with van der Waals surface area (Å²) in [4.78, 5) is 9.56. The molecule has 0 radical (unpaired) electrons. The second kappa shape index (κ2) is 7.46. The van der Waals surface area contributed by atoms with Crippen LogP contribution in [0.15, 0.2) is 24.3 Å². The molecule has 0 aliphatic rings. The molecule has 0 aliphatic carbocycles. The van der Waals surface area contributed by atoms with Crippen molar-refractivity contribution in [2.45, 2.75) is 34.1 Å². The molecule has 0 heterocycles. The predicted molar refractivity (Wildman–Crippen MR) is 92.7 cm³/mol. The van der Waals surface area contributed by atoms with Crippen molar-refractivity contribution in [3.63, 3.8) is 0 Å². The molecule has 132 valence electrons. The third-order valence-corrected chi connectivity index (χ3v) is 7.19. The number of benzene rings is 2. The van der Waals surface area contributed by atoms with Crippen LogP contribution >= 0.6 is 5.01 Å². The van der Waals surface area contributed by atoms with E-state index in [2.05, 4.69) is 0 Å². The number of hydrogen-bond donors (Lipinski definition) is 2. The molecule has 2 aromatic rings. The topological polar surface area (TPSA) is 66.8 Å². The van der Waals surface area contributed by atoms with Gasteiger partial charge in [0.2, 0.25) is 0 Å². The zero-order valence-electron chi connectivity index (χ0n) is 14.6. The third-order valence-electron chi connectivity index (χ3n) is 3.64. The van der Waals surface area contributed by atoms with Crippen molar-refractivity contribution in [1.82, 2.24) is 0 Å². The Morgan fingerprint density at radius 3 is 2.12 bits per heavy atom. The molecule has 0 spiro atoms. The van der Waals surface area contributed by atoms with Crippen LogP contribution in [0.2, 0.25) is 0 Å². The first-order valence-electron chi connectivity index (χ1n) is 7.60. The van der Waals surface area contributed by atoms with E-state index in [1.54, 1.807) is 0 Å². The number of aryl methyl sites for hydroxylation is 4. The molecule has 0 fully saturated rings. The normalized spacial score (nSPS) is 13.8. The van der Waals surface area contributed by atoms with E-state index in [1.807, 2.05) is 52.0 Å². The summed E-state index contributed by atoms with van der Waals surface area (Å²) < 4.78 is 17.4. The molecule has 1 unspecified atom stereocenters. The Morgan fingerprint density at radius 1 is 1.00 bits per heavy atom. The molecule has 1 atom stereocenters. The molecule has 0 saturated heterocycles. The van der Waals surface area contributed by atoms with Gasteiger partial charge in [-0.25, -0.2) is 0 Å². The Kier molecular flexibility index (Phi) is 6.00. The monoisotopic (exact) mass is 461 g/mol. The van der Waals surface area contributed by atoms with Crippen LogP contribution in [0.1, 0.15) is 33.4 Å². The van der Waals surface area contributed by atoms with Gasteiger partial charge in [0.25, 0.3) is 0 Å². The van der Waals surface area contributed by atoms with Gasteiger partial charge >= 0.3 is 154 Å². The molecular weight excluding hydrogens is 438 g/mol. The molecule has 2 N–H and O–H groups in total. The fourth-order valence-electron chi connectivity index (χ4n) is 2.77. The van der Waals surface area contributed by atoms with E-state index in [1.165, 1.54) is 6.66 Å². The molecule has 0 amide bonds. The molecule has 6 heteroatoms. The van der Waals surface area contributed by atoms with Gasteiger partial charge in [-0.1, -0.05) is 0 Å². The minimum absolute atomic E-state index is 0.295. The van der Waals surface area contributed by atoms with Crippen molar-refractivity contribution in [3.8, 4) is 11.5 Å². The minimum atomic E-state index is -3.15. The second-order valence-corrected chi connectivity index (χ2v) is 14.9. The number of halogens is 1. The summed E-state index contributed by atoms with van der Waals surface area (Å²) in [7, 11) is 0. The van der Waals surface area contributed by atoms with Gasteiger partial charge in [-0.15, -0.1) is 0 Å². The van der Waals surface area contributed by atoms with Crippen LogP contribution in [0, 0.1) is 27.7 Å². The number of rotatable bonds is 5. The van der Waals surface area contributed by atoms with Crippen LogP contribution in [0.5, 0.6) is 11.5 Å². The first-order valence-corrected chi connectivity index (χ1v) is 13.4. The van der Waals surface area contributed by atoms with Gasteiger partial charge < -0.3 is 0 Å². The van der Waals surface area contributed by atoms with Crippen LogP contribution in [0.3, 0.4) is 0 Å². The van der Waals surface area contributed by atoms with Crippen LogP contribution in [0.25, 0.3) is 0 Å². The van der Waals surface area contributed by atoms with Gasteiger partial charge in [0.15, 0.2) is 0 Å². The van der Waals surface area contributed by atoms with Crippen LogP contribution in [-0.4, -0.2) is 16.7 Å². The van der Waals surface area contributed by atoms with Crippen molar-refractivity contribution < 1.29 is 38.7 Å². The Labute approximate surface area is 153 Å². The summed E-state index contributed by atoms with van der Waals surface area (Å²) in [6, 6.07) is 7.93. The summed E-state index contributed by atoms with van der Waals surface area (Å²) in [6.45, 7) is 9.16. The molecule has 2 aromatic carbocycles. The summed E-state index contributed by atoms with van der Waals surface area (Å²) in [6.07, 6.45) is 0.523. The van der Waals surface area contributed by atoms with Gasteiger partial charge in [-0.2, -0.15) is 0 Å². The maximum absolute atomic E-state index is 11.6. The Morgan fingerprint density at radius 2 is 1.54 bits per heavy atom. The first kappa shape index (κ1) is 19.3. The van der Waals surface area contributed by atoms with Crippen molar-refractivity contribution in [1.29, 1.82) is 0 Å². The zero-order chi connectivity index (χ0) is 18.1. The number of aromatic hydroxyl groups is 1. The van der Waals surface area contributed by atoms with Crippen molar-refractivity contribution in [3.05, 3.63) is 57.6 Å². The molecule has 0 aromatic heterocycles. The summed E-state index contributed by atoms with van der Waals surface area (Å²) in [5, 5.41) is 7.20. The average molecular weight is 461 g/mol. The Balaban J connectivity index is 2.44. The summed E-state index contributed by atoms with van der Waals surface area (Å²) in [5.41, 5.74) is 5.75. The molecule has 24 heavy (non-hydrogen) atoms. The zero-order valence-corrected chi connectivity index (χ0v) is 17.6. The first-order chi connectivity index (χ1) is 11.1. The van der Waals surface area contributed by atoms with Crippen molar-refractivity contribution >= 4 is 5.01 Å². The predicted octanol–water partition coefficient (Wildman–Crippen LogP) is 1.41. The van der Waals surface area contributed by atoms with Gasteiger partial charge in [0.05, 0.1) is 0 Å². The van der Waals surface area contributed by atoms with E-state index in [0.717, 1.165) is 33.4 Å². The van der Waals surface area contributed by atoms with Gasteiger partial charge in [0, 0.05) is 0 Å². The number of phenols is 1. The van der Waals surface area contributed by atoms with E-state index >= 15 is 0 Å². The Hall–Kier alpha value is -1.04. The van der Waals surface area contributed by atoms with E-state index in [9.17, 15) is 14.6 Å². The third kappa shape index (κ3) is 4.98. The van der Waals surface area contributed by atoms with Crippen LogP contribution in [-0.2, 0) is 11.0 Å². The molecular formula is C18H23IO4P-. The van der Waals surface area contributed by atoms with E-state index in [0.29, 0.717) is 17.9 Å². The maximum atomic E-state index is 11.6. The number of phenolic OH excluding ortho intramolecular Hbond substituents is 1. The van der Waals surface area contributed by atoms with Gasteiger partial charge in [-0.05, 0) is 0 Å². The van der Waals surface area contributed by atoms with Crippen LogP contribution < -0.4 is 24.1 Å². The van der Waals surface area contributed by atoms with Gasteiger partial charge in [-0.3, -0.25) is 0 Å². The standard InChI is InChI=1S/C18H23IO4P/c1-11-6-13(3)17(20)15(8-11)10-16-9-12(2)7-14(4)18(16)23-19-24(5,21)22/h6-9,20H,10H2,1-5H3,(H,21,22)/q-1. The van der Waals surface area contributed by atoms with Crippen molar-refractivity contribution in [2.75, 3.05) is 6.66 Å². The summed E-state index contributed by atoms with van der Waals surface area (Å²) >= 11 is -1.29. The fourth-order valence-corrected chi connectivity index (χ4v) is 5.28. The van der Waals surface area contributed by atoms with E-state index in [4.69, 9.17) is 3.07 Å². The molecule has 0 aliphatic heterocycles. The van der Waals surface area contributed by atoms with E-state index in [-0.39, 0.29) is 0 Å². The fraction of sp³-hybridized carbons (Fsp3) is 0.333. The molecule has 0 bridgehead atoms. The summed E-state index contributed by atoms with van der Waals surface area (Å²) in [5.74, 6) is 0.965. The molecule has 2 rings (SSSR count). The Bertz CT molecular complexity index is 811. The van der Waals surface area contributed by atoms with Crippen LogP contribution in [0.4, 0.5) is 0 Å². The SMILES string of the molecule is Cc1cc(C)c(O)c(Cc2cc(C)cc(C)c2O[I-]P(C)(=O)O)c1. The number of hydrogen-bond acceptors (Lipinski definition) is 3. The van der Waals surface area contributed by atoms with E-state index < -0.39 is 26.1 Å². The second-order valence-electron chi connectivity index (χ2n) is 6.26. The molecule has 0 saturated carbocycles. The van der Waals surface area contributed by atoms with Crippen molar-refractivity contribution in [2.24, 2.45) is 0 Å². The average Bonchev–Trinajstić information content (AvgIpc) is 2.41. The molecule has 4 nitrogen and oxygen atoms in total.